The van der Waals surface area contributed by atoms with E-state index < -0.39 is 24.0 Å². The van der Waals surface area contributed by atoms with Gasteiger partial charge in [0.2, 0.25) is 5.91 Å². The van der Waals surface area contributed by atoms with Crippen molar-refractivity contribution in [2.75, 3.05) is 11.9 Å². The van der Waals surface area contributed by atoms with Crippen molar-refractivity contribution in [3.63, 3.8) is 0 Å². The zero-order valence-corrected chi connectivity index (χ0v) is 15.7. The first-order valence-corrected chi connectivity index (χ1v) is 9.28. The molecule has 1 aliphatic carbocycles. The highest BCUT2D eigenvalue weighted by molar-refractivity contribution is 14.1. The van der Waals surface area contributed by atoms with Crippen LogP contribution in [0.1, 0.15) is 23.8 Å². The number of amides is 1. The molecule has 1 aromatic carbocycles. The number of rotatable bonds is 5. The minimum Gasteiger partial charge on any atom is -0.461 e. The molecule has 24 heavy (non-hydrogen) atoms. The van der Waals surface area contributed by atoms with Crippen LogP contribution in [-0.4, -0.2) is 29.6 Å². The third-order valence-electron chi connectivity index (χ3n) is 3.45. The Labute approximate surface area is 155 Å². The molecule has 126 valence electrons. The Morgan fingerprint density at radius 2 is 2.25 bits per heavy atom. The zero-order chi connectivity index (χ0) is 17.3. The minimum absolute atomic E-state index is 0.0557. The average molecular weight is 460 g/mol. The van der Waals surface area contributed by atoms with Crippen molar-refractivity contribution in [2.24, 2.45) is 5.92 Å². The van der Waals surface area contributed by atoms with Gasteiger partial charge in [-0.3, -0.25) is 4.79 Å². The smallest absolute Gasteiger partial charge is 0.360 e. The number of hydrogen-bond acceptors (Lipinski definition) is 5. The Morgan fingerprint density at radius 1 is 1.50 bits per heavy atom. The fourth-order valence-electron chi connectivity index (χ4n) is 2.13. The summed E-state index contributed by atoms with van der Waals surface area (Å²) in [5.74, 6) is -1.66. The highest BCUT2D eigenvalue weighted by Crippen LogP contribution is 2.37. The van der Waals surface area contributed by atoms with Crippen LogP contribution in [0.15, 0.2) is 24.3 Å². The second-order valence-corrected chi connectivity index (χ2v) is 7.52. The van der Waals surface area contributed by atoms with Crippen molar-refractivity contribution in [3.8, 4) is 10.6 Å². The molecule has 1 saturated carbocycles. The fraction of sp³-hybridized carbons (Fsp3) is 0.312. The van der Waals surface area contributed by atoms with Gasteiger partial charge >= 0.3 is 5.97 Å². The molecule has 8 heteroatoms. The van der Waals surface area contributed by atoms with Crippen molar-refractivity contribution in [1.29, 1.82) is 0 Å². The third kappa shape index (κ3) is 3.75. The zero-order valence-electron chi connectivity index (χ0n) is 12.7. The summed E-state index contributed by atoms with van der Waals surface area (Å²) < 4.78 is 19.1. The summed E-state index contributed by atoms with van der Waals surface area (Å²) in [7, 11) is 0. The molecule has 3 rings (SSSR count). The molecule has 0 unspecified atom stereocenters. The first-order chi connectivity index (χ1) is 11.5. The minimum atomic E-state index is -1.10. The van der Waals surface area contributed by atoms with Gasteiger partial charge < -0.3 is 10.1 Å². The van der Waals surface area contributed by atoms with E-state index in [1.807, 2.05) is 24.3 Å². The van der Waals surface area contributed by atoms with Gasteiger partial charge in [0.1, 0.15) is 16.2 Å². The summed E-state index contributed by atoms with van der Waals surface area (Å²) >= 11 is 3.37. The summed E-state index contributed by atoms with van der Waals surface area (Å²) in [6.45, 7) is 1.90. The number of carbonyl (C=O) groups is 2. The van der Waals surface area contributed by atoms with E-state index in [2.05, 4.69) is 32.9 Å². The standard InChI is InChI=1S/C16H14FIN2O3S/c1-2-23-16(22)12-15(20-13(21)10-7-11(10)17)24-14(19-12)8-4-3-5-9(18)6-8/h3-6,10-11H,2,7H2,1H3,(H,20,21)/t10-,11+/m0/s1. The number of benzene rings is 1. The second kappa shape index (κ2) is 7.14. The molecule has 0 spiro atoms. The molecule has 1 fully saturated rings. The summed E-state index contributed by atoms with van der Waals surface area (Å²) in [5.41, 5.74) is 0.896. The average Bonchev–Trinajstić information content (AvgIpc) is 3.13. The van der Waals surface area contributed by atoms with Crippen LogP contribution in [0.3, 0.4) is 0 Å². The van der Waals surface area contributed by atoms with Gasteiger partial charge in [-0.15, -0.1) is 0 Å². The number of aromatic nitrogens is 1. The van der Waals surface area contributed by atoms with Crippen molar-refractivity contribution < 1.29 is 18.7 Å². The second-order valence-electron chi connectivity index (χ2n) is 5.28. The highest BCUT2D eigenvalue weighted by atomic mass is 127. The van der Waals surface area contributed by atoms with E-state index in [4.69, 9.17) is 4.74 Å². The number of anilines is 1. The highest BCUT2D eigenvalue weighted by Gasteiger charge is 2.44. The van der Waals surface area contributed by atoms with Gasteiger partial charge in [-0.1, -0.05) is 23.5 Å². The van der Waals surface area contributed by atoms with Crippen LogP contribution in [0.4, 0.5) is 9.39 Å². The lowest BCUT2D eigenvalue weighted by atomic mass is 10.2. The molecule has 0 aliphatic heterocycles. The number of carbonyl (C=O) groups excluding carboxylic acids is 2. The van der Waals surface area contributed by atoms with Crippen LogP contribution in [0.2, 0.25) is 0 Å². The Morgan fingerprint density at radius 3 is 2.88 bits per heavy atom. The molecule has 1 aliphatic rings. The number of halogens is 2. The molecular formula is C16H14FIN2O3S. The first kappa shape index (κ1) is 17.3. The molecule has 2 atom stereocenters. The molecular weight excluding hydrogens is 446 g/mol. The number of alkyl halides is 1. The quantitative estimate of drug-likeness (QED) is 0.543. The molecule has 0 bridgehead atoms. The maximum atomic E-state index is 13.1. The molecule has 2 aromatic rings. The third-order valence-corrected chi connectivity index (χ3v) is 5.14. The molecule has 5 nitrogen and oxygen atoms in total. The van der Waals surface area contributed by atoms with Crippen LogP contribution >= 0.6 is 33.9 Å². The molecule has 1 amide bonds. The normalized spacial score (nSPS) is 19.0. The molecule has 1 aromatic heterocycles. The van der Waals surface area contributed by atoms with Crippen LogP contribution in [0.25, 0.3) is 10.6 Å². The predicted molar refractivity (Wildman–Crippen MR) is 97.9 cm³/mol. The van der Waals surface area contributed by atoms with Gasteiger partial charge in [-0.25, -0.2) is 14.2 Å². The number of esters is 1. The first-order valence-electron chi connectivity index (χ1n) is 7.38. The monoisotopic (exact) mass is 460 g/mol. The molecule has 1 N–H and O–H groups in total. The lowest BCUT2D eigenvalue weighted by Crippen LogP contribution is -2.17. The van der Waals surface area contributed by atoms with Crippen molar-refractivity contribution in [3.05, 3.63) is 33.5 Å². The van der Waals surface area contributed by atoms with Gasteiger partial charge in [0.05, 0.1) is 12.5 Å². The van der Waals surface area contributed by atoms with E-state index >= 15 is 0 Å². The number of thiazole rings is 1. The van der Waals surface area contributed by atoms with Crippen LogP contribution < -0.4 is 5.32 Å². The van der Waals surface area contributed by atoms with Crippen LogP contribution in [0.5, 0.6) is 0 Å². The van der Waals surface area contributed by atoms with E-state index in [0.29, 0.717) is 10.0 Å². The van der Waals surface area contributed by atoms with Gasteiger partial charge in [0, 0.05) is 9.13 Å². The van der Waals surface area contributed by atoms with E-state index in [1.165, 1.54) is 11.3 Å². The lowest BCUT2D eigenvalue weighted by molar-refractivity contribution is -0.117. The van der Waals surface area contributed by atoms with E-state index in [-0.39, 0.29) is 18.7 Å². The van der Waals surface area contributed by atoms with Crippen molar-refractivity contribution in [1.82, 2.24) is 4.98 Å². The van der Waals surface area contributed by atoms with Crippen LogP contribution in [0, 0.1) is 9.49 Å². The number of hydrogen-bond donors (Lipinski definition) is 1. The summed E-state index contributed by atoms with van der Waals surface area (Å²) in [4.78, 5) is 28.4. The number of ether oxygens (including phenoxy) is 1. The Balaban J connectivity index is 1.92. The lowest BCUT2D eigenvalue weighted by Gasteiger charge is -2.03. The topological polar surface area (TPSA) is 68.3 Å². The maximum absolute atomic E-state index is 13.1. The van der Waals surface area contributed by atoms with Gasteiger partial charge in [0.25, 0.3) is 0 Å². The van der Waals surface area contributed by atoms with Gasteiger partial charge in [-0.05, 0) is 48.1 Å². The number of nitrogens with zero attached hydrogens (tertiary/aromatic N) is 1. The van der Waals surface area contributed by atoms with E-state index in [9.17, 15) is 14.0 Å². The fourth-order valence-corrected chi connectivity index (χ4v) is 3.62. The Hall–Kier alpha value is -1.55. The molecule has 0 radical (unpaired) electrons. The maximum Gasteiger partial charge on any atom is 0.360 e. The van der Waals surface area contributed by atoms with Crippen molar-refractivity contribution in [2.45, 2.75) is 19.5 Å². The Kier molecular flexibility index (Phi) is 5.14. The van der Waals surface area contributed by atoms with Crippen LogP contribution in [-0.2, 0) is 9.53 Å². The summed E-state index contributed by atoms with van der Waals surface area (Å²) in [5, 5.41) is 3.52. The predicted octanol–water partition coefficient (Wildman–Crippen LogP) is 3.89. The number of nitrogens with one attached hydrogen (secondary N) is 1. The summed E-state index contributed by atoms with van der Waals surface area (Å²) in [6, 6.07) is 7.64. The van der Waals surface area contributed by atoms with E-state index in [1.54, 1.807) is 6.92 Å². The largest absolute Gasteiger partial charge is 0.461 e. The molecule has 1 heterocycles. The Bertz CT molecular complexity index is 795. The summed E-state index contributed by atoms with van der Waals surface area (Å²) in [6.07, 6.45) is -0.873. The SMILES string of the molecule is CCOC(=O)c1nc(-c2cccc(I)c2)sc1NC(=O)[C@H]1C[C@H]1F. The van der Waals surface area contributed by atoms with Gasteiger partial charge in [0.15, 0.2) is 5.69 Å². The van der Waals surface area contributed by atoms with Gasteiger partial charge in [-0.2, -0.15) is 0 Å². The van der Waals surface area contributed by atoms with E-state index in [0.717, 1.165) is 9.13 Å². The van der Waals surface area contributed by atoms with Crippen molar-refractivity contribution >= 4 is 50.8 Å². The molecule has 0 saturated heterocycles.